The van der Waals surface area contributed by atoms with Crippen LogP contribution in [0.15, 0.2) is 12.1 Å². The number of ether oxygens (including phenoxy) is 2. The van der Waals surface area contributed by atoms with E-state index in [0.717, 1.165) is 0 Å². The van der Waals surface area contributed by atoms with Gasteiger partial charge in [0.2, 0.25) is 0 Å². The first-order valence-electron chi connectivity index (χ1n) is 5.55. The molecule has 0 aromatic heterocycles. The summed E-state index contributed by atoms with van der Waals surface area (Å²) < 4.78 is 24.2. The van der Waals surface area contributed by atoms with Gasteiger partial charge in [0.05, 0.1) is 18.8 Å². The fraction of sp³-hybridized carbons (Fsp3) is 0.417. The van der Waals surface area contributed by atoms with Gasteiger partial charge in [-0.25, -0.2) is 4.39 Å². The van der Waals surface area contributed by atoms with E-state index in [1.165, 1.54) is 12.1 Å². The highest BCUT2D eigenvalue weighted by molar-refractivity contribution is 5.99. The van der Waals surface area contributed by atoms with Gasteiger partial charge in [-0.3, -0.25) is 4.79 Å². The number of benzene rings is 1. The van der Waals surface area contributed by atoms with Gasteiger partial charge in [0, 0.05) is 12.8 Å². The van der Waals surface area contributed by atoms with Crippen LogP contribution in [0.1, 0.15) is 23.2 Å². The molecule has 0 unspecified atom stereocenters. The zero-order valence-corrected chi connectivity index (χ0v) is 9.37. The quantitative estimate of drug-likeness (QED) is 0.812. The summed E-state index contributed by atoms with van der Waals surface area (Å²) in [5.74, 6) is -0.424. The Balaban J connectivity index is 2.43. The molecule has 92 valence electrons. The number of nitrogens with two attached hydrogens (primary N) is 1. The summed E-state index contributed by atoms with van der Waals surface area (Å²) in [4.78, 5) is 11.8. The van der Waals surface area contributed by atoms with Crippen molar-refractivity contribution in [3.8, 4) is 11.5 Å². The summed E-state index contributed by atoms with van der Waals surface area (Å²) in [5.41, 5.74) is 5.68. The summed E-state index contributed by atoms with van der Waals surface area (Å²) in [6.07, 6.45) is 0.875. The normalized spacial score (nSPS) is 14.2. The first-order valence-corrected chi connectivity index (χ1v) is 5.55. The average Bonchev–Trinajstić information content (AvgIpc) is 2.56. The van der Waals surface area contributed by atoms with Crippen LogP contribution in [0.5, 0.6) is 11.5 Å². The third kappa shape index (κ3) is 2.39. The van der Waals surface area contributed by atoms with E-state index in [9.17, 15) is 9.18 Å². The van der Waals surface area contributed by atoms with Crippen LogP contribution in [0.3, 0.4) is 0 Å². The zero-order valence-electron chi connectivity index (χ0n) is 9.37. The van der Waals surface area contributed by atoms with E-state index in [-0.39, 0.29) is 30.2 Å². The molecule has 2 N–H and O–H groups in total. The Morgan fingerprint density at radius 3 is 2.71 bits per heavy atom. The lowest BCUT2D eigenvalue weighted by atomic mass is 10.1. The number of hydrogen-bond acceptors (Lipinski definition) is 4. The molecule has 5 heteroatoms. The molecule has 0 spiro atoms. The van der Waals surface area contributed by atoms with Crippen molar-refractivity contribution in [2.45, 2.75) is 12.8 Å². The maximum Gasteiger partial charge on any atom is 0.197 e. The standard InChI is InChI=1S/C12H14FNO3/c13-9-3-2-8(10(15)4-5-14)11-12(9)17-7-1-6-16-11/h2-3H,1,4-7,14H2. The SMILES string of the molecule is NCCC(=O)c1ccc(F)c2c1OCCCO2. The summed E-state index contributed by atoms with van der Waals surface area (Å²) in [6, 6.07) is 2.64. The molecular weight excluding hydrogens is 225 g/mol. The number of fused-ring (bicyclic) bond motifs is 1. The van der Waals surface area contributed by atoms with Crippen molar-refractivity contribution in [2.75, 3.05) is 19.8 Å². The second-order valence-electron chi connectivity index (χ2n) is 3.77. The molecular formula is C12H14FNO3. The molecule has 0 fully saturated rings. The topological polar surface area (TPSA) is 61.6 Å². The second kappa shape index (κ2) is 5.14. The lowest BCUT2D eigenvalue weighted by Gasteiger charge is -2.12. The van der Waals surface area contributed by atoms with Gasteiger partial charge >= 0.3 is 0 Å². The number of halogens is 1. The molecule has 1 aromatic carbocycles. The predicted octanol–water partition coefficient (Wildman–Crippen LogP) is 1.52. The minimum atomic E-state index is -0.508. The number of rotatable bonds is 3. The summed E-state index contributed by atoms with van der Waals surface area (Å²) in [6.45, 7) is 1.06. The van der Waals surface area contributed by atoms with E-state index >= 15 is 0 Å². The van der Waals surface area contributed by atoms with Gasteiger partial charge in [0.25, 0.3) is 0 Å². The Bertz CT molecular complexity index is 434. The summed E-state index contributed by atoms with van der Waals surface area (Å²) in [5, 5.41) is 0. The molecule has 0 saturated carbocycles. The lowest BCUT2D eigenvalue weighted by Crippen LogP contribution is -2.10. The first kappa shape index (κ1) is 11.9. The molecule has 0 saturated heterocycles. The van der Waals surface area contributed by atoms with Gasteiger partial charge in [-0.2, -0.15) is 0 Å². The fourth-order valence-electron chi connectivity index (χ4n) is 1.71. The molecule has 2 rings (SSSR count). The monoisotopic (exact) mass is 239 g/mol. The maximum absolute atomic E-state index is 13.5. The Labute approximate surface area is 98.5 Å². The number of ketones is 1. The van der Waals surface area contributed by atoms with E-state index in [0.29, 0.717) is 25.2 Å². The second-order valence-corrected chi connectivity index (χ2v) is 3.77. The Kier molecular flexibility index (Phi) is 3.58. The predicted molar refractivity (Wildman–Crippen MR) is 60.0 cm³/mol. The van der Waals surface area contributed by atoms with Gasteiger partial charge in [0.15, 0.2) is 23.1 Å². The molecule has 1 aliphatic rings. The third-order valence-corrected chi connectivity index (χ3v) is 2.52. The first-order chi connectivity index (χ1) is 8.24. The molecule has 0 radical (unpaired) electrons. The van der Waals surface area contributed by atoms with Crippen LogP contribution in [-0.2, 0) is 0 Å². The summed E-state index contributed by atoms with van der Waals surface area (Å²) >= 11 is 0. The molecule has 4 nitrogen and oxygen atoms in total. The highest BCUT2D eigenvalue weighted by Crippen LogP contribution is 2.36. The van der Waals surface area contributed by atoms with Gasteiger partial charge in [-0.1, -0.05) is 0 Å². The lowest BCUT2D eigenvalue weighted by molar-refractivity contribution is 0.0981. The van der Waals surface area contributed by atoms with Crippen LogP contribution >= 0.6 is 0 Å². The van der Waals surface area contributed by atoms with Crippen LogP contribution in [0.25, 0.3) is 0 Å². The van der Waals surface area contributed by atoms with Crippen molar-refractivity contribution >= 4 is 5.78 Å². The van der Waals surface area contributed by atoms with E-state index in [1.807, 2.05) is 0 Å². The number of carbonyl (C=O) groups excluding carboxylic acids is 1. The van der Waals surface area contributed by atoms with Crippen molar-refractivity contribution < 1.29 is 18.7 Å². The average molecular weight is 239 g/mol. The molecule has 1 aromatic rings. The molecule has 1 heterocycles. The highest BCUT2D eigenvalue weighted by atomic mass is 19.1. The van der Waals surface area contributed by atoms with Gasteiger partial charge < -0.3 is 15.2 Å². The van der Waals surface area contributed by atoms with Crippen LogP contribution in [0, 0.1) is 5.82 Å². The smallest absolute Gasteiger partial charge is 0.197 e. The van der Waals surface area contributed by atoms with Gasteiger partial charge in [-0.05, 0) is 18.7 Å². The molecule has 0 aliphatic carbocycles. The molecule has 0 atom stereocenters. The molecule has 0 amide bonds. The van der Waals surface area contributed by atoms with Gasteiger partial charge in [0.1, 0.15) is 0 Å². The summed E-state index contributed by atoms with van der Waals surface area (Å²) in [7, 11) is 0. The Hall–Kier alpha value is -1.62. The van der Waals surface area contributed by atoms with Crippen molar-refractivity contribution in [1.29, 1.82) is 0 Å². The van der Waals surface area contributed by atoms with Crippen molar-refractivity contribution in [3.05, 3.63) is 23.5 Å². The maximum atomic E-state index is 13.5. The van der Waals surface area contributed by atoms with Crippen molar-refractivity contribution in [2.24, 2.45) is 5.73 Å². The fourth-order valence-corrected chi connectivity index (χ4v) is 1.71. The number of hydrogen-bond donors (Lipinski definition) is 1. The van der Waals surface area contributed by atoms with Crippen LogP contribution < -0.4 is 15.2 Å². The molecule has 1 aliphatic heterocycles. The van der Waals surface area contributed by atoms with Crippen molar-refractivity contribution in [3.63, 3.8) is 0 Å². The highest BCUT2D eigenvalue weighted by Gasteiger charge is 2.22. The van der Waals surface area contributed by atoms with Crippen LogP contribution in [0.2, 0.25) is 0 Å². The van der Waals surface area contributed by atoms with E-state index < -0.39 is 5.82 Å². The van der Waals surface area contributed by atoms with E-state index in [2.05, 4.69) is 0 Å². The van der Waals surface area contributed by atoms with Crippen LogP contribution in [0.4, 0.5) is 4.39 Å². The van der Waals surface area contributed by atoms with E-state index in [4.69, 9.17) is 15.2 Å². The van der Waals surface area contributed by atoms with E-state index in [1.54, 1.807) is 0 Å². The van der Waals surface area contributed by atoms with Crippen molar-refractivity contribution in [1.82, 2.24) is 0 Å². The number of carbonyl (C=O) groups is 1. The Morgan fingerprint density at radius 2 is 2.00 bits per heavy atom. The zero-order chi connectivity index (χ0) is 12.3. The minimum absolute atomic E-state index is 0.0328. The third-order valence-electron chi connectivity index (χ3n) is 2.52. The van der Waals surface area contributed by atoms with Crippen LogP contribution in [-0.4, -0.2) is 25.5 Å². The number of Topliss-reactive ketones (excluding diaryl/α,β-unsaturated/α-hetero) is 1. The largest absolute Gasteiger partial charge is 0.489 e. The molecule has 0 bridgehead atoms. The molecule has 17 heavy (non-hydrogen) atoms. The Morgan fingerprint density at radius 1 is 1.29 bits per heavy atom. The van der Waals surface area contributed by atoms with Gasteiger partial charge in [-0.15, -0.1) is 0 Å². The minimum Gasteiger partial charge on any atom is -0.489 e.